The summed E-state index contributed by atoms with van der Waals surface area (Å²) in [6.45, 7) is 0. The summed E-state index contributed by atoms with van der Waals surface area (Å²) >= 11 is 3.29. The molecule has 6 heteroatoms. The van der Waals surface area contributed by atoms with Crippen LogP contribution in [-0.2, 0) is 0 Å². The molecule has 20 heavy (non-hydrogen) atoms. The first-order valence-electron chi connectivity index (χ1n) is 6.10. The molecule has 0 saturated carbocycles. The minimum atomic E-state index is 0.829. The molecule has 3 aromatic rings. The molecule has 0 unspecified atom stereocenters. The van der Waals surface area contributed by atoms with Crippen LogP contribution >= 0.6 is 23.1 Å². The van der Waals surface area contributed by atoms with Gasteiger partial charge in [-0.3, -0.25) is 5.43 Å². The van der Waals surface area contributed by atoms with Crippen LogP contribution in [0, 0.1) is 0 Å². The molecule has 0 radical (unpaired) electrons. The third kappa shape index (κ3) is 1.93. The lowest BCUT2D eigenvalue weighted by molar-refractivity contribution is 0.826. The van der Waals surface area contributed by atoms with E-state index in [4.69, 9.17) is 0 Å². The fourth-order valence-corrected chi connectivity index (χ4v) is 3.52. The van der Waals surface area contributed by atoms with E-state index < -0.39 is 0 Å². The zero-order valence-corrected chi connectivity index (χ0v) is 12.0. The van der Waals surface area contributed by atoms with Gasteiger partial charge in [-0.15, -0.1) is 21.5 Å². The van der Waals surface area contributed by atoms with Crippen molar-refractivity contribution in [3.05, 3.63) is 58.1 Å². The molecule has 98 valence electrons. The zero-order chi connectivity index (χ0) is 13.4. The van der Waals surface area contributed by atoms with Crippen LogP contribution in [0.3, 0.4) is 0 Å². The first-order valence-corrected chi connectivity index (χ1v) is 7.86. The molecular formula is C14H10N4S2. The molecule has 0 amide bonds. The minimum Gasteiger partial charge on any atom is -0.288 e. The van der Waals surface area contributed by atoms with Crippen molar-refractivity contribution in [2.75, 3.05) is 5.43 Å². The van der Waals surface area contributed by atoms with E-state index in [1.54, 1.807) is 23.1 Å². The van der Waals surface area contributed by atoms with Crippen LogP contribution in [0.15, 0.2) is 58.4 Å². The van der Waals surface area contributed by atoms with E-state index in [0.717, 1.165) is 22.2 Å². The van der Waals surface area contributed by atoms with Crippen molar-refractivity contribution in [2.45, 2.75) is 5.16 Å². The number of nitrogens with one attached hydrogen (secondary N) is 1. The summed E-state index contributed by atoms with van der Waals surface area (Å²) in [5.74, 6) is 0.829. The maximum atomic E-state index is 4.28. The van der Waals surface area contributed by atoms with Gasteiger partial charge in [0, 0.05) is 11.0 Å². The second-order valence-corrected chi connectivity index (χ2v) is 6.03. The van der Waals surface area contributed by atoms with Gasteiger partial charge < -0.3 is 0 Å². The average molecular weight is 298 g/mol. The third-order valence-electron chi connectivity index (χ3n) is 2.97. The van der Waals surface area contributed by atoms with Crippen LogP contribution in [-0.4, -0.2) is 14.9 Å². The van der Waals surface area contributed by atoms with E-state index in [1.165, 1.54) is 4.88 Å². The summed E-state index contributed by atoms with van der Waals surface area (Å²) in [5.41, 5.74) is 5.51. The van der Waals surface area contributed by atoms with Crippen molar-refractivity contribution in [3.63, 3.8) is 0 Å². The molecule has 0 saturated heterocycles. The molecule has 4 rings (SSSR count). The van der Waals surface area contributed by atoms with E-state index in [-0.39, 0.29) is 0 Å². The van der Waals surface area contributed by atoms with Crippen LogP contribution in [0.2, 0.25) is 0 Å². The van der Waals surface area contributed by atoms with Gasteiger partial charge in [-0.25, -0.2) is 4.68 Å². The van der Waals surface area contributed by atoms with Gasteiger partial charge >= 0.3 is 0 Å². The standard InChI is InChI=1S/C14H10N4S2/c1-2-5-10(6-3-1)13-15-16-14-18(13)17-11(9-20-14)12-7-4-8-19-12/h1-9,17H. The van der Waals surface area contributed by atoms with Gasteiger partial charge in [0.2, 0.25) is 5.16 Å². The van der Waals surface area contributed by atoms with Crippen molar-refractivity contribution in [2.24, 2.45) is 0 Å². The van der Waals surface area contributed by atoms with Crippen molar-refractivity contribution in [3.8, 4) is 11.4 Å². The number of hydrogen-bond acceptors (Lipinski definition) is 5. The highest BCUT2D eigenvalue weighted by Gasteiger charge is 2.19. The van der Waals surface area contributed by atoms with Crippen LogP contribution in [0.1, 0.15) is 4.88 Å². The molecule has 0 fully saturated rings. The SMILES string of the molecule is C1=C(c2cccs2)Nn2c(nnc2-c2ccccc2)S1. The summed E-state index contributed by atoms with van der Waals surface area (Å²) in [4.78, 5) is 1.20. The Morgan fingerprint density at radius 2 is 1.90 bits per heavy atom. The summed E-state index contributed by atoms with van der Waals surface area (Å²) < 4.78 is 1.94. The first-order chi connectivity index (χ1) is 9.92. The second kappa shape index (κ2) is 4.81. The van der Waals surface area contributed by atoms with Crippen LogP contribution in [0.5, 0.6) is 0 Å². The fraction of sp³-hybridized carbons (Fsp3) is 0. The van der Waals surface area contributed by atoms with Crippen molar-refractivity contribution < 1.29 is 0 Å². The molecule has 4 nitrogen and oxygen atoms in total. The van der Waals surface area contributed by atoms with Crippen LogP contribution < -0.4 is 5.43 Å². The van der Waals surface area contributed by atoms with Gasteiger partial charge in [0.15, 0.2) is 5.82 Å². The van der Waals surface area contributed by atoms with Gasteiger partial charge in [0.1, 0.15) is 0 Å². The van der Waals surface area contributed by atoms with Gasteiger partial charge in [0.05, 0.1) is 10.6 Å². The molecule has 1 aliphatic rings. The van der Waals surface area contributed by atoms with E-state index in [0.29, 0.717) is 0 Å². The van der Waals surface area contributed by atoms with Crippen molar-refractivity contribution in [1.29, 1.82) is 0 Å². The Morgan fingerprint density at radius 1 is 1.00 bits per heavy atom. The number of aromatic nitrogens is 3. The summed E-state index contributed by atoms with van der Waals surface area (Å²) in [6.07, 6.45) is 0. The Morgan fingerprint density at radius 3 is 2.70 bits per heavy atom. The van der Waals surface area contributed by atoms with Crippen molar-refractivity contribution in [1.82, 2.24) is 14.9 Å². The predicted octanol–water partition coefficient (Wildman–Crippen LogP) is 3.65. The van der Waals surface area contributed by atoms with Gasteiger partial charge in [-0.2, -0.15) is 0 Å². The highest BCUT2D eigenvalue weighted by Crippen LogP contribution is 2.32. The Balaban J connectivity index is 1.74. The zero-order valence-electron chi connectivity index (χ0n) is 10.4. The molecule has 0 spiro atoms. The molecule has 1 N–H and O–H groups in total. The summed E-state index contributed by atoms with van der Waals surface area (Å²) in [5, 5.41) is 13.5. The van der Waals surface area contributed by atoms with Crippen LogP contribution in [0.4, 0.5) is 0 Å². The maximum Gasteiger partial charge on any atom is 0.214 e. The van der Waals surface area contributed by atoms with E-state index in [2.05, 4.69) is 32.5 Å². The van der Waals surface area contributed by atoms with E-state index in [1.807, 2.05) is 41.1 Å². The number of benzene rings is 1. The maximum absolute atomic E-state index is 4.28. The Bertz CT molecular complexity index is 760. The Labute approximate surface area is 124 Å². The Hall–Kier alpha value is -2.05. The highest BCUT2D eigenvalue weighted by atomic mass is 32.2. The summed E-state index contributed by atoms with van der Waals surface area (Å²) in [7, 11) is 0. The molecule has 1 aliphatic heterocycles. The monoisotopic (exact) mass is 298 g/mol. The Kier molecular flexibility index (Phi) is 2.82. The lowest BCUT2D eigenvalue weighted by Crippen LogP contribution is -2.17. The molecule has 0 bridgehead atoms. The molecule has 0 aliphatic carbocycles. The van der Waals surface area contributed by atoms with Crippen molar-refractivity contribution >= 4 is 28.8 Å². The largest absolute Gasteiger partial charge is 0.288 e. The lowest BCUT2D eigenvalue weighted by Gasteiger charge is -2.17. The molecule has 2 aromatic heterocycles. The number of hydrogen-bond donors (Lipinski definition) is 1. The highest BCUT2D eigenvalue weighted by molar-refractivity contribution is 8.02. The quantitative estimate of drug-likeness (QED) is 0.784. The number of thiophene rings is 1. The third-order valence-corrected chi connectivity index (χ3v) is 4.70. The fourth-order valence-electron chi connectivity index (χ4n) is 2.02. The summed E-state index contributed by atoms with van der Waals surface area (Å²) in [6, 6.07) is 14.2. The van der Waals surface area contributed by atoms with Gasteiger partial charge in [-0.1, -0.05) is 48.2 Å². The topological polar surface area (TPSA) is 42.7 Å². The normalized spacial score (nSPS) is 13.5. The first kappa shape index (κ1) is 11.7. The number of thioether (sulfide) groups is 1. The van der Waals surface area contributed by atoms with E-state index in [9.17, 15) is 0 Å². The molecule has 1 aromatic carbocycles. The second-order valence-electron chi connectivity index (χ2n) is 4.25. The number of nitrogens with zero attached hydrogens (tertiary/aromatic N) is 3. The minimum absolute atomic E-state index is 0.829. The van der Waals surface area contributed by atoms with Gasteiger partial charge in [0.25, 0.3) is 0 Å². The smallest absolute Gasteiger partial charge is 0.214 e. The molecule has 0 atom stereocenters. The predicted molar refractivity (Wildman–Crippen MR) is 83.0 cm³/mol. The lowest BCUT2D eigenvalue weighted by atomic mass is 10.2. The molecule has 3 heterocycles. The van der Waals surface area contributed by atoms with Crippen LogP contribution in [0.25, 0.3) is 17.1 Å². The average Bonchev–Trinajstić information content (AvgIpc) is 3.17. The van der Waals surface area contributed by atoms with Gasteiger partial charge in [-0.05, 0) is 11.4 Å². The van der Waals surface area contributed by atoms with E-state index >= 15 is 0 Å². The number of rotatable bonds is 2. The number of fused-ring (bicyclic) bond motifs is 1. The molecular weight excluding hydrogens is 288 g/mol.